The van der Waals surface area contributed by atoms with E-state index in [9.17, 15) is 9.90 Å². The molecule has 2 rings (SSSR count). The van der Waals surface area contributed by atoms with Gasteiger partial charge in [-0.05, 0) is 56.1 Å². The lowest BCUT2D eigenvalue weighted by Crippen LogP contribution is -2.12. The summed E-state index contributed by atoms with van der Waals surface area (Å²) in [5.74, 6) is -0.260. The molecule has 0 saturated carbocycles. The highest BCUT2D eigenvalue weighted by Crippen LogP contribution is 2.33. The van der Waals surface area contributed by atoms with Gasteiger partial charge in [0.1, 0.15) is 5.75 Å². The number of benzene rings is 2. The first-order chi connectivity index (χ1) is 8.99. The second-order valence-electron chi connectivity index (χ2n) is 3.72. The molecule has 3 nitrogen and oxygen atoms in total. The zero-order valence-electron chi connectivity index (χ0n) is 9.45. The number of nitrogens with one attached hydrogen (secondary N) is 1. The van der Waals surface area contributed by atoms with Gasteiger partial charge in [-0.15, -0.1) is 0 Å². The highest BCUT2D eigenvalue weighted by molar-refractivity contribution is 9.11. The summed E-state index contributed by atoms with van der Waals surface area (Å²) in [6.45, 7) is 0. The van der Waals surface area contributed by atoms with Gasteiger partial charge in [0, 0.05) is 5.56 Å². The number of anilines is 1. The summed E-state index contributed by atoms with van der Waals surface area (Å²) in [4.78, 5) is 12.1. The summed E-state index contributed by atoms with van der Waals surface area (Å²) in [6.07, 6.45) is 0. The molecule has 0 aromatic heterocycles. The molecule has 2 aromatic carbocycles. The van der Waals surface area contributed by atoms with E-state index in [-0.39, 0.29) is 11.7 Å². The van der Waals surface area contributed by atoms with Crippen molar-refractivity contribution in [2.75, 3.05) is 5.32 Å². The average molecular weight is 405 g/mol. The third-order valence-corrected chi connectivity index (χ3v) is 3.94. The molecule has 0 radical (unpaired) electrons. The van der Waals surface area contributed by atoms with Crippen LogP contribution in [-0.4, -0.2) is 11.0 Å². The van der Waals surface area contributed by atoms with E-state index in [1.807, 2.05) is 0 Å². The highest BCUT2D eigenvalue weighted by Gasteiger charge is 2.12. The van der Waals surface area contributed by atoms with Crippen molar-refractivity contribution in [1.82, 2.24) is 0 Å². The number of halogens is 3. The third-order valence-electron chi connectivity index (χ3n) is 2.40. The zero-order chi connectivity index (χ0) is 14.0. The van der Waals surface area contributed by atoms with Gasteiger partial charge in [-0.25, -0.2) is 0 Å². The number of carbonyl (C=O) groups is 1. The van der Waals surface area contributed by atoms with Crippen molar-refractivity contribution in [2.45, 2.75) is 0 Å². The van der Waals surface area contributed by atoms with E-state index < -0.39 is 0 Å². The van der Waals surface area contributed by atoms with Crippen LogP contribution >= 0.6 is 43.5 Å². The van der Waals surface area contributed by atoms with Crippen LogP contribution in [0, 0.1) is 0 Å². The lowest BCUT2D eigenvalue weighted by atomic mass is 10.2. The second-order valence-corrected chi connectivity index (χ2v) is 5.84. The van der Waals surface area contributed by atoms with Gasteiger partial charge in [0.2, 0.25) is 0 Å². The molecule has 0 fully saturated rings. The molecule has 2 N–H and O–H groups in total. The smallest absolute Gasteiger partial charge is 0.255 e. The van der Waals surface area contributed by atoms with E-state index in [2.05, 4.69) is 37.2 Å². The highest BCUT2D eigenvalue weighted by atomic mass is 79.9. The average Bonchev–Trinajstić information content (AvgIpc) is 2.38. The Balaban J connectivity index is 2.28. The molecule has 98 valence electrons. The summed E-state index contributed by atoms with van der Waals surface area (Å²) >= 11 is 12.3. The Morgan fingerprint density at radius 2 is 1.74 bits per heavy atom. The van der Waals surface area contributed by atoms with Gasteiger partial charge in [-0.1, -0.05) is 23.7 Å². The van der Waals surface area contributed by atoms with E-state index in [4.69, 9.17) is 11.6 Å². The Kier molecular flexibility index (Phi) is 4.50. The normalized spacial score (nSPS) is 10.3. The number of para-hydroxylation sites is 1. The van der Waals surface area contributed by atoms with Crippen molar-refractivity contribution < 1.29 is 9.90 Å². The van der Waals surface area contributed by atoms with Gasteiger partial charge in [0.25, 0.3) is 5.91 Å². The molecular formula is C13H8Br2ClNO2. The van der Waals surface area contributed by atoms with Crippen LogP contribution in [0.25, 0.3) is 0 Å². The summed E-state index contributed by atoms with van der Waals surface area (Å²) in [5.41, 5.74) is 0.936. The number of phenols is 1. The van der Waals surface area contributed by atoms with E-state index in [1.165, 1.54) is 12.1 Å². The predicted octanol–water partition coefficient (Wildman–Crippen LogP) is 4.82. The largest absolute Gasteiger partial charge is 0.506 e. The molecule has 2 aromatic rings. The quantitative estimate of drug-likeness (QED) is 0.752. The molecule has 0 aliphatic heterocycles. The number of hydrogen-bond donors (Lipinski definition) is 2. The first kappa shape index (κ1) is 14.4. The maximum atomic E-state index is 12.1. The first-order valence-corrected chi connectivity index (χ1v) is 7.19. The number of phenolic OH excluding ortho intramolecular Hbond substituents is 1. The third kappa shape index (κ3) is 3.29. The fourth-order valence-corrected chi connectivity index (χ4v) is 2.82. The van der Waals surface area contributed by atoms with Gasteiger partial charge in [0.05, 0.1) is 19.7 Å². The van der Waals surface area contributed by atoms with Crippen LogP contribution in [0.5, 0.6) is 5.75 Å². The van der Waals surface area contributed by atoms with E-state index in [0.29, 0.717) is 25.2 Å². The van der Waals surface area contributed by atoms with Crippen molar-refractivity contribution in [1.29, 1.82) is 0 Å². The molecule has 1 amide bonds. The molecule has 0 aliphatic carbocycles. The van der Waals surface area contributed by atoms with Gasteiger partial charge in [0.15, 0.2) is 0 Å². The molecule has 6 heteroatoms. The van der Waals surface area contributed by atoms with Crippen LogP contribution in [0.1, 0.15) is 10.4 Å². The summed E-state index contributed by atoms with van der Waals surface area (Å²) in [6, 6.07) is 10.0. The Hall–Kier alpha value is -1.04. The zero-order valence-corrected chi connectivity index (χ0v) is 13.4. The fourth-order valence-electron chi connectivity index (χ4n) is 1.45. The van der Waals surface area contributed by atoms with Crippen molar-refractivity contribution >= 4 is 55.1 Å². The minimum absolute atomic E-state index is 0.0503. The molecular weight excluding hydrogens is 397 g/mol. The lowest BCUT2D eigenvalue weighted by molar-refractivity contribution is 0.102. The van der Waals surface area contributed by atoms with Crippen LogP contribution < -0.4 is 5.32 Å². The number of amides is 1. The molecule has 0 unspecified atom stereocenters. The van der Waals surface area contributed by atoms with E-state index in [0.717, 1.165) is 0 Å². The number of carbonyl (C=O) groups excluding carboxylic acids is 1. The van der Waals surface area contributed by atoms with Crippen LogP contribution in [0.2, 0.25) is 5.02 Å². The van der Waals surface area contributed by atoms with Crippen molar-refractivity contribution in [2.24, 2.45) is 0 Å². The maximum Gasteiger partial charge on any atom is 0.255 e. The van der Waals surface area contributed by atoms with E-state index >= 15 is 0 Å². The van der Waals surface area contributed by atoms with Gasteiger partial charge < -0.3 is 10.4 Å². The molecule has 0 saturated heterocycles. The van der Waals surface area contributed by atoms with Crippen LogP contribution in [0.4, 0.5) is 5.69 Å². The second kappa shape index (κ2) is 5.94. The van der Waals surface area contributed by atoms with Gasteiger partial charge in [-0.2, -0.15) is 0 Å². The molecule has 0 atom stereocenters. The van der Waals surface area contributed by atoms with Crippen molar-refractivity contribution in [3.05, 3.63) is 55.9 Å². The van der Waals surface area contributed by atoms with Gasteiger partial charge in [-0.3, -0.25) is 4.79 Å². The summed E-state index contributed by atoms with van der Waals surface area (Å²) < 4.78 is 0.873. The minimum Gasteiger partial charge on any atom is -0.506 e. The Bertz CT molecular complexity index is 623. The standard InChI is InChI=1S/C13H8Br2ClNO2/c14-8-5-7(6-9(15)12(8)18)13(19)17-11-4-2-1-3-10(11)16/h1-6,18H,(H,17,19). The summed E-state index contributed by atoms with van der Waals surface area (Å²) in [7, 11) is 0. The topological polar surface area (TPSA) is 49.3 Å². The molecule has 0 spiro atoms. The molecule has 0 aliphatic rings. The number of rotatable bonds is 2. The SMILES string of the molecule is O=C(Nc1ccccc1Cl)c1cc(Br)c(O)c(Br)c1. The van der Waals surface area contributed by atoms with Gasteiger partial charge >= 0.3 is 0 Å². The van der Waals surface area contributed by atoms with Crippen LogP contribution in [0.15, 0.2) is 45.3 Å². The minimum atomic E-state index is -0.311. The van der Waals surface area contributed by atoms with Crippen molar-refractivity contribution in [3.63, 3.8) is 0 Å². The lowest BCUT2D eigenvalue weighted by Gasteiger charge is -2.08. The monoisotopic (exact) mass is 403 g/mol. The van der Waals surface area contributed by atoms with E-state index in [1.54, 1.807) is 24.3 Å². The molecule has 19 heavy (non-hydrogen) atoms. The van der Waals surface area contributed by atoms with Crippen LogP contribution in [-0.2, 0) is 0 Å². The number of hydrogen-bond acceptors (Lipinski definition) is 2. The fraction of sp³-hybridized carbons (Fsp3) is 0. The Labute approximate surface area is 131 Å². The molecule has 0 heterocycles. The Morgan fingerprint density at radius 1 is 1.16 bits per heavy atom. The molecule has 0 bridgehead atoms. The van der Waals surface area contributed by atoms with Crippen LogP contribution in [0.3, 0.4) is 0 Å². The van der Waals surface area contributed by atoms with Crippen molar-refractivity contribution in [3.8, 4) is 5.75 Å². The first-order valence-electron chi connectivity index (χ1n) is 5.23. The maximum absolute atomic E-state index is 12.1. The Morgan fingerprint density at radius 3 is 2.32 bits per heavy atom. The summed E-state index contributed by atoms with van der Waals surface area (Å²) in [5, 5.41) is 12.8. The number of aromatic hydroxyl groups is 1. The predicted molar refractivity (Wildman–Crippen MR) is 82.9 cm³/mol.